The van der Waals surface area contributed by atoms with E-state index >= 15 is 0 Å². The molecule has 28 heteroatoms. The second-order valence-electron chi connectivity index (χ2n) is 24.2. The van der Waals surface area contributed by atoms with Crippen LogP contribution in [0.1, 0.15) is 94.8 Å². The number of anilines is 2. The fourth-order valence-corrected chi connectivity index (χ4v) is 11.8. The Balaban J connectivity index is 0.870. The van der Waals surface area contributed by atoms with E-state index in [9.17, 15) is 63.9 Å². The minimum Gasteiger partial charge on any atom is -0.479 e. The number of aromatic nitrogens is 3. The van der Waals surface area contributed by atoms with Crippen LogP contribution in [0.4, 0.5) is 16.2 Å². The minimum absolute atomic E-state index is 0.0268. The number of benzene rings is 3. The van der Waals surface area contributed by atoms with Gasteiger partial charge in [-0.2, -0.15) is 0 Å². The number of esters is 1. The number of rotatable bonds is 25. The molecule has 498 valence electrons. The van der Waals surface area contributed by atoms with Crippen molar-refractivity contribution in [2.75, 3.05) is 38.3 Å². The molecule has 6 aromatic rings. The van der Waals surface area contributed by atoms with Crippen LogP contribution < -0.4 is 42.3 Å². The van der Waals surface area contributed by atoms with E-state index in [1.54, 1.807) is 45.3 Å². The standard InChI is InChI=1S/C65H81N11O17/c1-11-65(89)44-27-48-52-42(29-76(48)60(84)43(44)31-90-63(65)87)40(41-14-12-13-15-45(41)70-52)20-22-74(33(4)5)64(88)91-30-36-16-18-46(49(24-36)92-62-55(80)53(78)54(79)56(93-62)61(85)86)71-57(81)35(7)69-59(83)51(32(2)3)72-58(82)34(6)68-50(77)21-23-75-39(28-73(10)67-9)26-37-25-38(66-8)17-19-47(37)75/h12-19,24-27,32-35,51,53-56,62,66-67,78-80,89H,11,20-23,28-31H2,1-10H3,(H,68,77)(H,69,83)(H,71,81)(H,72,82)(H,85,86)/t34-,35-,51-,53-,54-,55+,56-,62+,65-/m0/s1. The highest BCUT2D eigenvalue weighted by Gasteiger charge is 2.49. The van der Waals surface area contributed by atoms with Gasteiger partial charge in [-0.25, -0.2) is 24.4 Å². The van der Waals surface area contributed by atoms with Crippen molar-refractivity contribution < 1.29 is 78.0 Å². The molecule has 6 heterocycles. The number of nitrogens with one attached hydrogen (secondary N) is 6. The van der Waals surface area contributed by atoms with E-state index in [0.29, 0.717) is 30.0 Å². The maximum absolute atomic E-state index is 14.2. The van der Waals surface area contributed by atoms with Crippen molar-refractivity contribution >= 4 is 74.8 Å². The van der Waals surface area contributed by atoms with Crippen molar-refractivity contribution in [2.45, 2.75) is 161 Å². The first-order valence-electron chi connectivity index (χ1n) is 30.8. The smallest absolute Gasteiger partial charge is 0.410 e. The van der Waals surface area contributed by atoms with Crippen molar-refractivity contribution in [3.63, 3.8) is 0 Å². The number of amides is 5. The maximum atomic E-state index is 14.2. The number of carboxylic acid groups (broad SMARTS) is 1. The topological polar surface area (TPSA) is 376 Å². The summed E-state index contributed by atoms with van der Waals surface area (Å²) in [6, 6.07) is 17.2. The van der Waals surface area contributed by atoms with Gasteiger partial charge >= 0.3 is 18.0 Å². The Morgan fingerprint density at radius 1 is 0.849 bits per heavy atom. The molecule has 11 N–H and O–H groups in total. The summed E-state index contributed by atoms with van der Waals surface area (Å²) < 4.78 is 26.1. The highest BCUT2D eigenvalue weighted by molar-refractivity contribution is 6.00. The van der Waals surface area contributed by atoms with E-state index in [4.69, 9.17) is 23.9 Å². The Kier molecular flexibility index (Phi) is 20.9. The summed E-state index contributed by atoms with van der Waals surface area (Å²) in [6.45, 7) is 11.8. The summed E-state index contributed by atoms with van der Waals surface area (Å²) in [6.07, 6.45) is -10.6. The average Bonchev–Trinajstić information content (AvgIpc) is 1.64. The molecule has 0 aliphatic carbocycles. The second-order valence-corrected chi connectivity index (χ2v) is 24.2. The van der Waals surface area contributed by atoms with Crippen molar-refractivity contribution in [2.24, 2.45) is 5.92 Å². The van der Waals surface area contributed by atoms with Gasteiger partial charge in [-0.3, -0.25) is 29.4 Å². The average molecular weight is 1290 g/mol. The molecule has 0 radical (unpaired) electrons. The highest BCUT2D eigenvalue weighted by atomic mass is 16.7. The number of hydrazine groups is 1. The van der Waals surface area contributed by atoms with Crippen molar-refractivity contribution in [1.82, 2.24) is 45.4 Å². The van der Waals surface area contributed by atoms with Gasteiger partial charge in [0.2, 0.25) is 29.9 Å². The monoisotopic (exact) mass is 1290 g/mol. The Morgan fingerprint density at radius 3 is 2.27 bits per heavy atom. The fourth-order valence-electron chi connectivity index (χ4n) is 11.8. The van der Waals surface area contributed by atoms with Crippen LogP contribution in [-0.2, 0) is 87.8 Å². The molecule has 9 rings (SSSR count). The SMILES string of the molecule is CC[C@@]1(O)C(=O)OCc2c1cc1n(c2=O)Cc2c-1nc1ccccc1c2CCN(C(=O)OCc1ccc(NC(=O)[C@H](C)NC(=O)[C@@H](NC(=O)[C@H](C)NC(=O)CCn2c(CN(C)NC)cc3cc(NC)ccc32)C(C)C)c(O[C@@H]2O[C@H](C(=O)O)[C@@H](O)[C@H](O)[C@H]2O)c1)C(C)C. The zero-order valence-electron chi connectivity index (χ0n) is 53.4. The van der Waals surface area contributed by atoms with Crippen LogP contribution in [0.3, 0.4) is 0 Å². The lowest BCUT2D eigenvalue weighted by Crippen LogP contribution is -2.61. The Morgan fingerprint density at radius 2 is 1.58 bits per heavy atom. The van der Waals surface area contributed by atoms with Gasteiger partial charge in [0, 0.05) is 78.4 Å². The van der Waals surface area contributed by atoms with Gasteiger partial charge in [-0.15, -0.1) is 0 Å². The predicted molar refractivity (Wildman–Crippen MR) is 339 cm³/mol. The lowest BCUT2D eigenvalue weighted by atomic mass is 9.86. The number of aliphatic hydroxyl groups excluding tert-OH is 3. The molecule has 28 nitrogen and oxygen atoms in total. The van der Waals surface area contributed by atoms with Crippen LogP contribution in [-0.4, -0.2) is 174 Å². The van der Waals surface area contributed by atoms with Crippen LogP contribution in [0.5, 0.6) is 5.75 Å². The Bertz CT molecular complexity index is 3930. The molecule has 0 spiro atoms. The van der Waals surface area contributed by atoms with E-state index in [2.05, 4.69) is 38.1 Å². The summed E-state index contributed by atoms with van der Waals surface area (Å²) in [7, 11) is 5.54. The third-order valence-corrected chi connectivity index (χ3v) is 17.3. The molecule has 3 aliphatic rings. The number of aliphatic hydroxyl groups is 4. The summed E-state index contributed by atoms with van der Waals surface area (Å²) in [5.41, 5.74) is 6.97. The first-order valence-corrected chi connectivity index (χ1v) is 30.8. The number of fused-ring (bicyclic) bond motifs is 6. The number of nitrogens with zero attached hydrogens (tertiary/aromatic N) is 5. The number of carbonyl (C=O) groups excluding carboxylic acids is 6. The number of para-hydroxylation sites is 1. The molecule has 5 amide bonds. The van der Waals surface area contributed by atoms with E-state index in [1.165, 1.54) is 36.9 Å². The predicted octanol–water partition coefficient (Wildman–Crippen LogP) is 2.68. The van der Waals surface area contributed by atoms with Crippen LogP contribution in [0.25, 0.3) is 33.2 Å². The summed E-state index contributed by atoms with van der Waals surface area (Å²) in [5, 5.41) is 70.8. The van der Waals surface area contributed by atoms with E-state index < -0.39 is 120 Å². The van der Waals surface area contributed by atoms with Crippen molar-refractivity contribution in [3.05, 3.63) is 117 Å². The van der Waals surface area contributed by atoms with Crippen LogP contribution in [0, 0.1) is 5.92 Å². The molecular formula is C65H81N11O17. The molecule has 0 unspecified atom stereocenters. The molecule has 0 bridgehead atoms. The van der Waals surface area contributed by atoms with Gasteiger partial charge in [-0.1, -0.05) is 45.0 Å². The van der Waals surface area contributed by atoms with E-state index in [-0.39, 0.29) is 67.1 Å². The third kappa shape index (κ3) is 14.3. The summed E-state index contributed by atoms with van der Waals surface area (Å²) in [5.74, 6) is -5.96. The Hall–Kier alpha value is -9.03. The zero-order chi connectivity index (χ0) is 67.5. The van der Waals surface area contributed by atoms with Gasteiger partial charge in [-0.05, 0) is 113 Å². The second kappa shape index (κ2) is 28.5. The van der Waals surface area contributed by atoms with Gasteiger partial charge in [0.25, 0.3) is 5.56 Å². The highest BCUT2D eigenvalue weighted by Crippen LogP contribution is 2.41. The lowest BCUT2D eigenvalue weighted by Gasteiger charge is -2.38. The number of hydrogen-bond acceptors (Lipinski definition) is 20. The molecular weight excluding hydrogens is 1210 g/mol. The number of carbonyl (C=O) groups is 7. The van der Waals surface area contributed by atoms with Gasteiger partial charge in [0.1, 0.15) is 55.4 Å². The normalized spacial score (nSPS) is 20.1. The lowest BCUT2D eigenvalue weighted by molar-refractivity contribution is -0.271. The number of aliphatic carboxylic acids is 1. The van der Waals surface area contributed by atoms with Crippen molar-refractivity contribution in [3.8, 4) is 17.1 Å². The Labute approximate surface area is 535 Å². The summed E-state index contributed by atoms with van der Waals surface area (Å²) in [4.78, 5) is 115. The summed E-state index contributed by atoms with van der Waals surface area (Å²) >= 11 is 0. The number of pyridine rings is 2. The largest absolute Gasteiger partial charge is 0.479 e. The number of carboxylic acids is 1. The van der Waals surface area contributed by atoms with E-state index in [1.807, 2.05) is 73.2 Å². The number of ether oxygens (including phenoxy) is 4. The van der Waals surface area contributed by atoms with E-state index in [0.717, 1.165) is 38.8 Å². The maximum Gasteiger partial charge on any atom is 0.410 e. The molecule has 3 aromatic heterocycles. The number of hydrogen-bond donors (Lipinski definition) is 11. The third-order valence-electron chi connectivity index (χ3n) is 17.3. The molecule has 3 aromatic carbocycles. The first-order chi connectivity index (χ1) is 44.2. The van der Waals surface area contributed by atoms with Gasteiger partial charge in [0.05, 0.1) is 41.2 Å². The van der Waals surface area contributed by atoms with Crippen LogP contribution in [0.2, 0.25) is 0 Å². The molecule has 1 saturated heterocycles. The minimum atomic E-state index is -2.06. The molecule has 1 fully saturated rings. The first kappa shape index (κ1) is 68.3. The van der Waals surface area contributed by atoms with Crippen molar-refractivity contribution in [1.29, 1.82) is 0 Å². The molecule has 9 atom stereocenters. The van der Waals surface area contributed by atoms with Crippen LogP contribution >= 0.6 is 0 Å². The fraction of sp³-hybridized carbons (Fsp3) is 0.462. The van der Waals surface area contributed by atoms with Crippen LogP contribution in [0.15, 0.2) is 77.6 Å². The number of cyclic esters (lactones) is 1. The zero-order valence-corrected chi connectivity index (χ0v) is 53.4. The number of aryl methyl sites for hydroxylation is 1. The van der Waals surface area contributed by atoms with Gasteiger partial charge < -0.3 is 85.1 Å². The molecule has 93 heavy (non-hydrogen) atoms. The molecule has 0 saturated carbocycles. The quantitative estimate of drug-likeness (QED) is 0.0289. The van der Waals surface area contributed by atoms with Gasteiger partial charge in [0.15, 0.2) is 11.7 Å². The molecule has 3 aliphatic heterocycles.